The first-order valence-electron chi connectivity index (χ1n) is 3.96. The Bertz CT molecular complexity index is 272. The summed E-state index contributed by atoms with van der Waals surface area (Å²) in [4.78, 5) is 0. The summed E-state index contributed by atoms with van der Waals surface area (Å²) >= 11 is 0. The van der Waals surface area contributed by atoms with Crippen LogP contribution in [0.1, 0.15) is 25.3 Å². The van der Waals surface area contributed by atoms with Gasteiger partial charge in [-0.15, -0.1) is 14.7 Å². The molecule has 0 heterocycles. The molecular weight excluding hydrogens is 161 g/mol. The maximum Gasteiger partial charge on any atom is 0.113 e. The Morgan fingerprint density at radius 2 is 1.83 bits per heavy atom. The van der Waals surface area contributed by atoms with Gasteiger partial charge in [0, 0.05) is 0 Å². The Hall–Kier alpha value is -0.220. The van der Waals surface area contributed by atoms with Gasteiger partial charge in [-0.3, -0.25) is 0 Å². The fraction of sp³-hybridized carbons (Fsp3) is 0.333. The van der Waals surface area contributed by atoms with Crippen molar-refractivity contribution in [2.75, 3.05) is 0 Å². The molecule has 1 aromatic rings. The van der Waals surface area contributed by atoms with Crippen molar-refractivity contribution >= 4 is 41.2 Å². The molecule has 1 rings (SSSR count). The van der Waals surface area contributed by atoms with Crippen LogP contribution >= 0.6 is 9.24 Å². The van der Waals surface area contributed by atoms with E-state index in [4.69, 9.17) is 15.7 Å². The first-order chi connectivity index (χ1) is 5.52. The minimum absolute atomic E-state index is 0.493. The minimum Gasteiger partial charge on any atom is -0.106 e. The van der Waals surface area contributed by atoms with E-state index in [1.165, 1.54) is 5.56 Å². The zero-order valence-corrected chi connectivity index (χ0v) is 8.62. The number of rotatable bonds is 1. The average Bonchev–Trinajstić information content (AvgIpc) is 1.99. The summed E-state index contributed by atoms with van der Waals surface area (Å²) < 4.78 is 0. The van der Waals surface area contributed by atoms with Gasteiger partial charge in [-0.05, 0) is 16.8 Å². The fourth-order valence-corrected chi connectivity index (χ4v) is 1.42. The smallest absolute Gasteiger partial charge is 0.106 e. The first kappa shape index (κ1) is 9.86. The van der Waals surface area contributed by atoms with Gasteiger partial charge < -0.3 is 0 Å². The van der Waals surface area contributed by atoms with E-state index in [9.17, 15) is 0 Å². The molecule has 4 radical (unpaired) electrons. The maximum absolute atomic E-state index is 5.72. The second kappa shape index (κ2) is 3.66. The summed E-state index contributed by atoms with van der Waals surface area (Å²) in [5, 5.41) is 0.985. The van der Waals surface area contributed by atoms with Gasteiger partial charge >= 0.3 is 0 Å². The van der Waals surface area contributed by atoms with Gasteiger partial charge in [0.05, 0.1) is 0 Å². The first-order valence-corrected chi connectivity index (χ1v) is 4.54. The topological polar surface area (TPSA) is 0 Å². The molecule has 0 amide bonds. The Balaban J connectivity index is 3.21. The zero-order valence-electron chi connectivity index (χ0n) is 7.46. The highest BCUT2D eigenvalue weighted by molar-refractivity contribution is 7.28. The molecule has 1 atom stereocenters. The van der Waals surface area contributed by atoms with Crippen LogP contribution in [-0.4, -0.2) is 15.7 Å². The van der Waals surface area contributed by atoms with Crippen LogP contribution in [0.3, 0.4) is 0 Å². The molecule has 0 saturated heterocycles. The molecule has 0 aliphatic rings. The van der Waals surface area contributed by atoms with Gasteiger partial charge in [-0.1, -0.05) is 31.4 Å². The van der Waals surface area contributed by atoms with Crippen molar-refractivity contribution in [3.63, 3.8) is 0 Å². The summed E-state index contributed by atoms with van der Waals surface area (Å²) in [5.41, 5.74) is 2.57. The Kier molecular flexibility index (Phi) is 3.01. The van der Waals surface area contributed by atoms with Gasteiger partial charge in [-0.2, -0.15) is 0 Å². The second-order valence-electron chi connectivity index (χ2n) is 3.27. The van der Waals surface area contributed by atoms with Crippen LogP contribution in [0.15, 0.2) is 12.1 Å². The third kappa shape index (κ3) is 1.93. The van der Waals surface area contributed by atoms with E-state index in [1.807, 2.05) is 6.07 Å². The van der Waals surface area contributed by atoms with Gasteiger partial charge in [-0.25, -0.2) is 0 Å². The minimum atomic E-state index is 0.493. The lowest BCUT2D eigenvalue weighted by Crippen LogP contribution is -2.35. The standard InChI is InChI=1S/C9H11B2P/c1-5(2)6-3-7(10)9(11)8(12)4-6/h3-5H,12H2,1-2H3. The molecule has 0 saturated carbocycles. The van der Waals surface area contributed by atoms with Crippen LogP contribution in [0.5, 0.6) is 0 Å². The predicted octanol–water partition coefficient (Wildman–Crippen LogP) is -0.102. The third-order valence-corrected chi connectivity index (χ3v) is 2.41. The van der Waals surface area contributed by atoms with Crippen molar-refractivity contribution < 1.29 is 0 Å². The van der Waals surface area contributed by atoms with Crippen molar-refractivity contribution in [1.82, 2.24) is 0 Å². The molecule has 1 unspecified atom stereocenters. The molecule has 3 heteroatoms. The number of hydrogen-bond acceptors (Lipinski definition) is 0. The molecule has 1 aromatic carbocycles. The van der Waals surface area contributed by atoms with E-state index in [1.54, 1.807) is 0 Å². The van der Waals surface area contributed by atoms with Crippen molar-refractivity contribution in [2.45, 2.75) is 19.8 Å². The van der Waals surface area contributed by atoms with E-state index < -0.39 is 0 Å². The molecule has 0 bridgehead atoms. The monoisotopic (exact) mass is 172 g/mol. The van der Waals surface area contributed by atoms with Crippen molar-refractivity contribution in [3.05, 3.63) is 17.7 Å². The van der Waals surface area contributed by atoms with Gasteiger partial charge in [0.2, 0.25) is 0 Å². The van der Waals surface area contributed by atoms with E-state index in [-0.39, 0.29) is 0 Å². The molecular formula is C9H11B2P. The lowest BCUT2D eigenvalue weighted by atomic mass is 9.78. The van der Waals surface area contributed by atoms with Crippen LogP contribution < -0.4 is 16.2 Å². The van der Waals surface area contributed by atoms with Crippen LogP contribution in [0, 0.1) is 0 Å². The van der Waals surface area contributed by atoms with E-state index in [2.05, 4.69) is 29.2 Å². The zero-order chi connectivity index (χ0) is 9.30. The Morgan fingerprint density at radius 3 is 2.25 bits per heavy atom. The molecule has 0 aliphatic heterocycles. The number of benzene rings is 1. The predicted molar refractivity (Wildman–Crippen MR) is 60.7 cm³/mol. The molecule has 0 N–H and O–H groups in total. The summed E-state index contributed by atoms with van der Waals surface area (Å²) in [7, 11) is 14.0. The normalized spacial score (nSPS) is 10.7. The lowest BCUT2D eigenvalue weighted by molar-refractivity contribution is 0.869. The van der Waals surface area contributed by atoms with E-state index in [0.717, 1.165) is 5.30 Å². The van der Waals surface area contributed by atoms with E-state index in [0.29, 0.717) is 16.8 Å². The molecule has 0 aliphatic carbocycles. The van der Waals surface area contributed by atoms with Crippen molar-refractivity contribution in [2.24, 2.45) is 0 Å². The molecule has 0 nitrogen and oxygen atoms in total. The van der Waals surface area contributed by atoms with E-state index >= 15 is 0 Å². The highest BCUT2D eigenvalue weighted by atomic mass is 31.0. The highest BCUT2D eigenvalue weighted by Crippen LogP contribution is 2.10. The quantitative estimate of drug-likeness (QED) is 0.409. The van der Waals surface area contributed by atoms with Crippen molar-refractivity contribution in [3.8, 4) is 0 Å². The molecule has 12 heavy (non-hydrogen) atoms. The summed E-state index contributed by atoms with van der Waals surface area (Å²) in [6.07, 6.45) is 0. The summed E-state index contributed by atoms with van der Waals surface area (Å²) in [6, 6.07) is 3.99. The highest BCUT2D eigenvalue weighted by Gasteiger charge is 2.02. The third-order valence-electron chi connectivity index (χ3n) is 1.93. The summed E-state index contributed by atoms with van der Waals surface area (Å²) in [5.74, 6) is 0.493. The Labute approximate surface area is 79.2 Å². The van der Waals surface area contributed by atoms with Crippen LogP contribution in [0.25, 0.3) is 0 Å². The van der Waals surface area contributed by atoms with Crippen LogP contribution in [0.4, 0.5) is 0 Å². The fourth-order valence-electron chi connectivity index (χ4n) is 1.06. The van der Waals surface area contributed by atoms with Gasteiger partial charge in [0.25, 0.3) is 0 Å². The SMILES string of the molecule is [B]c1cc(C(C)C)cc(P)c1[B]. The number of hydrogen-bond donors (Lipinski definition) is 0. The van der Waals surface area contributed by atoms with Gasteiger partial charge in [0.1, 0.15) is 15.7 Å². The lowest BCUT2D eigenvalue weighted by Gasteiger charge is -2.11. The molecule has 0 fully saturated rings. The summed E-state index contributed by atoms with van der Waals surface area (Å²) in [6.45, 7) is 4.27. The average molecular weight is 172 g/mol. The van der Waals surface area contributed by atoms with Crippen LogP contribution in [0.2, 0.25) is 0 Å². The van der Waals surface area contributed by atoms with Crippen molar-refractivity contribution in [1.29, 1.82) is 0 Å². The van der Waals surface area contributed by atoms with Gasteiger partial charge in [0.15, 0.2) is 0 Å². The second-order valence-corrected chi connectivity index (χ2v) is 3.89. The largest absolute Gasteiger partial charge is 0.113 e. The molecule has 58 valence electrons. The maximum atomic E-state index is 5.72. The molecule has 0 aromatic heterocycles. The van der Waals surface area contributed by atoms with Crippen LogP contribution in [-0.2, 0) is 0 Å². The molecule has 0 spiro atoms. The Morgan fingerprint density at radius 1 is 1.25 bits per heavy atom.